The van der Waals surface area contributed by atoms with Crippen molar-refractivity contribution in [2.24, 2.45) is 0 Å². The van der Waals surface area contributed by atoms with Crippen molar-refractivity contribution in [1.82, 2.24) is 9.29 Å². The Morgan fingerprint density at radius 1 is 1.03 bits per heavy atom. The lowest BCUT2D eigenvalue weighted by molar-refractivity contribution is -0.111. The first-order valence-corrected chi connectivity index (χ1v) is 11.9. The van der Waals surface area contributed by atoms with E-state index in [0.717, 1.165) is 24.0 Å². The molecule has 0 aliphatic carbocycles. The fourth-order valence-electron chi connectivity index (χ4n) is 3.22. The molecule has 8 heteroatoms. The highest BCUT2D eigenvalue weighted by molar-refractivity contribution is 7.89. The first-order valence-electron chi connectivity index (χ1n) is 9.63. The minimum absolute atomic E-state index is 0.258. The summed E-state index contributed by atoms with van der Waals surface area (Å²) in [6.07, 6.45) is 5.02. The Morgan fingerprint density at radius 2 is 1.73 bits per heavy atom. The average molecular weight is 440 g/mol. The Morgan fingerprint density at radius 3 is 2.43 bits per heavy atom. The Hall–Kier alpha value is -2.81. The largest absolute Gasteiger partial charge is 0.298 e. The number of nitrogens with zero attached hydrogens (tertiary/aromatic N) is 2. The van der Waals surface area contributed by atoms with Gasteiger partial charge in [-0.2, -0.15) is 4.31 Å². The third kappa shape index (κ3) is 4.67. The summed E-state index contributed by atoms with van der Waals surface area (Å²) in [7, 11) is -3.43. The van der Waals surface area contributed by atoms with E-state index in [1.54, 1.807) is 30.3 Å². The van der Waals surface area contributed by atoms with Crippen molar-refractivity contribution < 1.29 is 13.2 Å². The van der Waals surface area contributed by atoms with E-state index in [1.165, 1.54) is 21.7 Å². The number of aromatic nitrogens is 1. The number of hydrogen-bond donors (Lipinski definition) is 1. The summed E-state index contributed by atoms with van der Waals surface area (Å²) in [4.78, 5) is 16.8. The van der Waals surface area contributed by atoms with Crippen LogP contribution in [0.2, 0.25) is 0 Å². The van der Waals surface area contributed by atoms with Crippen LogP contribution < -0.4 is 5.32 Å². The van der Waals surface area contributed by atoms with Gasteiger partial charge in [0.25, 0.3) is 0 Å². The summed E-state index contributed by atoms with van der Waals surface area (Å²) < 4.78 is 26.8. The Bertz CT molecular complexity index is 1150. The lowest BCUT2D eigenvalue weighted by Crippen LogP contribution is -2.27. The number of nitrogens with one attached hydrogen (secondary N) is 1. The topological polar surface area (TPSA) is 79.4 Å². The molecule has 1 amide bonds. The molecular weight excluding hydrogens is 418 g/mol. The molecule has 0 atom stereocenters. The molecule has 1 saturated heterocycles. The summed E-state index contributed by atoms with van der Waals surface area (Å²) in [5.74, 6) is -0.258. The summed E-state index contributed by atoms with van der Waals surface area (Å²) >= 11 is 1.32. The van der Waals surface area contributed by atoms with Crippen LogP contribution in [0.3, 0.4) is 0 Å². The zero-order valence-electron chi connectivity index (χ0n) is 16.2. The van der Waals surface area contributed by atoms with Gasteiger partial charge in [0.2, 0.25) is 15.9 Å². The van der Waals surface area contributed by atoms with Crippen molar-refractivity contribution in [3.8, 4) is 11.3 Å². The minimum atomic E-state index is -3.43. The lowest BCUT2D eigenvalue weighted by Gasteiger charge is -2.15. The number of amides is 1. The number of carbonyl (C=O) groups is 1. The molecule has 3 aromatic rings. The predicted octanol–water partition coefficient (Wildman–Crippen LogP) is 4.25. The summed E-state index contributed by atoms with van der Waals surface area (Å²) in [6.45, 7) is 1.16. The molecule has 0 unspecified atom stereocenters. The van der Waals surface area contributed by atoms with E-state index in [0.29, 0.717) is 28.8 Å². The zero-order chi connectivity index (χ0) is 21.0. The van der Waals surface area contributed by atoms with Gasteiger partial charge in [-0.3, -0.25) is 10.1 Å². The number of thiazole rings is 1. The van der Waals surface area contributed by atoms with Crippen molar-refractivity contribution in [3.05, 3.63) is 71.6 Å². The van der Waals surface area contributed by atoms with Crippen LogP contribution in [0.4, 0.5) is 5.13 Å². The van der Waals surface area contributed by atoms with Crippen LogP contribution in [0.15, 0.2) is 70.9 Å². The molecule has 1 fully saturated rings. The highest BCUT2D eigenvalue weighted by atomic mass is 32.2. The van der Waals surface area contributed by atoms with Gasteiger partial charge >= 0.3 is 0 Å². The minimum Gasteiger partial charge on any atom is -0.298 e. The van der Waals surface area contributed by atoms with Crippen molar-refractivity contribution in [2.75, 3.05) is 18.4 Å². The maximum atomic E-state index is 12.6. The molecule has 30 heavy (non-hydrogen) atoms. The van der Waals surface area contributed by atoms with Crippen molar-refractivity contribution in [1.29, 1.82) is 0 Å². The highest BCUT2D eigenvalue weighted by Gasteiger charge is 2.27. The standard InChI is InChI=1S/C22H21N3O3S2/c26-21(13-8-17-6-2-1-3-7-17)24-22-23-20(16-29-22)18-9-11-19(12-10-18)30(27,28)25-14-4-5-15-25/h1-3,6-13,16H,4-5,14-15H2,(H,23,24,26). The van der Waals surface area contributed by atoms with Crippen LogP contribution in [0.25, 0.3) is 17.3 Å². The van der Waals surface area contributed by atoms with Gasteiger partial charge < -0.3 is 0 Å². The number of sulfonamides is 1. The maximum Gasteiger partial charge on any atom is 0.250 e. The quantitative estimate of drug-likeness (QED) is 0.583. The van der Waals surface area contributed by atoms with Crippen molar-refractivity contribution in [3.63, 3.8) is 0 Å². The van der Waals surface area contributed by atoms with Crippen LogP contribution in [0, 0.1) is 0 Å². The molecule has 0 radical (unpaired) electrons. The predicted molar refractivity (Wildman–Crippen MR) is 120 cm³/mol. The second-order valence-corrected chi connectivity index (χ2v) is 9.70. The average Bonchev–Trinajstić information content (AvgIpc) is 3.46. The van der Waals surface area contributed by atoms with Gasteiger partial charge in [-0.1, -0.05) is 42.5 Å². The van der Waals surface area contributed by atoms with Crippen LogP contribution >= 0.6 is 11.3 Å². The molecule has 0 bridgehead atoms. The molecule has 154 valence electrons. The molecular formula is C22H21N3O3S2. The third-order valence-corrected chi connectivity index (χ3v) is 7.48. The van der Waals surface area contributed by atoms with E-state index in [1.807, 2.05) is 35.7 Å². The fraction of sp³-hybridized carbons (Fsp3) is 0.182. The van der Waals surface area contributed by atoms with Crippen LogP contribution in [0.1, 0.15) is 18.4 Å². The Balaban J connectivity index is 1.42. The number of benzene rings is 2. The van der Waals surface area contributed by atoms with E-state index >= 15 is 0 Å². The molecule has 1 aliphatic heterocycles. The number of rotatable bonds is 6. The summed E-state index contributed by atoms with van der Waals surface area (Å²) in [5, 5.41) is 5.08. The number of anilines is 1. The van der Waals surface area contributed by atoms with Gasteiger partial charge in [-0.25, -0.2) is 13.4 Å². The first-order chi connectivity index (χ1) is 14.5. The highest BCUT2D eigenvalue weighted by Crippen LogP contribution is 2.27. The van der Waals surface area contributed by atoms with E-state index in [9.17, 15) is 13.2 Å². The van der Waals surface area contributed by atoms with Gasteiger partial charge in [0.05, 0.1) is 10.6 Å². The molecule has 1 aromatic heterocycles. The van der Waals surface area contributed by atoms with Gasteiger partial charge in [0.1, 0.15) is 0 Å². The first kappa shape index (κ1) is 20.5. The zero-order valence-corrected chi connectivity index (χ0v) is 17.8. The Kier molecular flexibility index (Phi) is 6.08. The van der Waals surface area contributed by atoms with Crippen LogP contribution in [0.5, 0.6) is 0 Å². The third-order valence-electron chi connectivity index (χ3n) is 4.81. The number of hydrogen-bond acceptors (Lipinski definition) is 5. The normalized spacial score (nSPS) is 14.9. The maximum absolute atomic E-state index is 12.6. The van der Waals surface area contributed by atoms with E-state index < -0.39 is 10.0 Å². The van der Waals surface area contributed by atoms with Crippen LogP contribution in [-0.2, 0) is 14.8 Å². The van der Waals surface area contributed by atoms with E-state index in [4.69, 9.17) is 0 Å². The van der Waals surface area contributed by atoms with Crippen molar-refractivity contribution >= 4 is 38.5 Å². The smallest absolute Gasteiger partial charge is 0.250 e. The second kappa shape index (κ2) is 8.91. The SMILES string of the molecule is O=C(C=Cc1ccccc1)Nc1nc(-c2ccc(S(=O)(=O)N3CCCC3)cc2)cs1. The molecule has 0 saturated carbocycles. The molecule has 6 nitrogen and oxygen atoms in total. The van der Waals surface area contributed by atoms with E-state index in [-0.39, 0.29) is 5.91 Å². The molecule has 4 rings (SSSR count). The molecule has 1 aliphatic rings. The number of carbonyl (C=O) groups excluding carboxylic acids is 1. The van der Waals surface area contributed by atoms with Gasteiger partial charge in [-0.15, -0.1) is 11.3 Å². The van der Waals surface area contributed by atoms with E-state index in [2.05, 4.69) is 10.3 Å². The van der Waals surface area contributed by atoms with Crippen LogP contribution in [-0.4, -0.2) is 36.7 Å². The Labute approximate surface area is 179 Å². The molecule has 2 aromatic carbocycles. The molecule has 1 N–H and O–H groups in total. The van der Waals surface area contributed by atoms with Gasteiger partial charge in [-0.05, 0) is 36.6 Å². The lowest BCUT2D eigenvalue weighted by atomic mass is 10.2. The molecule has 0 spiro atoms. The monoisotopic (exact) mass is 439 g/mol. The van der Waals surface area contributed by atoms with Gasteiger partial charge in [0, 0.05) is 30.1 Å². The van der Waals surface area contributed by atoms with Gasteiger partial charge in [0.15, 0.2) is 5.13 Å². The molecule has 2 heterocycles. The van der Waals surface area contributed by atoms with Crippen molar-refractivity contribution in [2.45, 2.75) is 17.7 Å². The fourth-order valence-corrected chi connectivity index (χ4v) is 5.46. The summed E-state index contributed by atoms with van der Waals surface area (Å²) in [5.41, 5.74) is 2.43. The summed E-state index contributed by atoms with van der Waals surface area (Å²) in [6, 6.07) is 16.3. The second-order valence-electron chi connectivity index (χ2n) is 6.91.